The number of nitrogens with zero attached hydrogens (tertiary/aromatic N) is 3. The van der Waals surface area contributed by atoms with Gasteiger partial charge in [0.15, 0.2) is 11.4 Å². The number of pyridine rings is 1. The molecule has 6 nitrogen and oxygen atoms in total. The highest BCUT2D eigenvalue weighted by molar-refractivity contribution is 5.92. The molecule has 0 atom stereocenters. The van der Waals surface area contributed by atoms with Gasteiger partial charge in [-0.05, 0) is 73.5 Å². The summed E-state index contributed by atoms with van der Waals surface area (Å²) in [5.41, 5.74) is 6.98. The zero-order valence-corrected chi connectivity index (χ0v) is 18.6. The highest BCUT2D eigenvalue weighted by Gasteiger charge is 2.21. The lowest BCUT2D eigenvalue weighted by Gasteiger charge is -2.23. The second-order valence-corrected chi connectivity index (χ2v) is 8.87. The third-order valence-corrected chi connectivity index (χ3v) is 6.34. The van der Waals surface area contributed by atoms with E-state index in [0.717, 1.165) is 42.2 Å². The molecule has 0 aliphatic carbocycles. The largest absolute Gasteiger partial charge is 0.490 e. The van der Waals surface area contributed by atoms with Gasteiger partial charge in [0.1, 0.15) is 6.33 Å². The van der Waals surface area contributed by atoms with E-state index in [1.54, 1.807) is 6.33 Å². The molecule has 4 heterocycles. The molecule has 0 bridgehead atoms. The number of fused-ring (bicyclic) bond motifs is 2. The first kappa shape index (κ1) is 20.1. The predicted molar refractivity (Wildman–Crippen MR) is 125 cm³/mol. The number of rotatable bonds is 6. The molecule has 0 spiro atoms. The van der Waals surface area contributed by atoms with Gasteiger partial charge in [0.2, 0.25) is 0 Å². The minimum atomic E-state index is 0.387. The lowest BCUT2D eigenvalue weighted by atomic mass is 9.88. The number of benzene rings is 1. The van der Waals surface area contributed by atoms with Crippen molar-refractivity contribution in [1.82, 2.24) is 24.9 Å². The third-order valence-electron chi connectivity index (χ3n) is 6.34. The van der Waals surface area contributed by atoms with E-state index in [4.69, 9.17) is 4.74 Å². The van der Waals surface area contributed by atoms with Gasteiger partial charge < -0.3 is 15.0 Å². The van der Waals surface area contributed by atoms with E-state index in [9.17, 15) is 0 Å². The maximum Gasteiger partial charge on any atom is 0.197 e. The van der Waals surface area contributed by atoms with Gasteiger partial charge >= 0.3 is 0 Å². The summed E-state index contributed by atoms with van der Waals surface area (Å²) in [5, 5.41) is 9.19. The molecule has 0 amide bonds. The lowest BCUT2D eigenvalue weighted by Crippen LogP contribution is -2.26. The molecule has 1 aromatic carbocycles. The van der Waals surface area contributed by atoms with Crippen molar-refractivity contribution in [2.75, 3.05) is 19.7 Å². The normalized spacial score (nSPS) is 15.4. The summed E-state index contributed by atoms with van der Waals surface area (Å²) in [4.78, 5) is 8.08. The second kappa shape index (κ2) is 8.35. The molecular formula is C25H31N5O. The molecule has 4 aromatic rings. The van der Waals surface area contributed by atoms with Gasteiger partial charge in [-0.3, -0.25) is 0 Å². The van der Waals surface area contributed by atoms with Crippen LogP contribution in [0.15, 0.2) is 36.8 Å². The molecule has 1 aliphatic rings. The number of ether oxygens (including phenoxy) is 1. The zero-order chi connectivity index (χ0) is 21.4. The fraction of sp³-hybridized carbons (Fsp3) is 0.440. The monoisotopic (exact) mass is 417 g/mol. The van der Waals surface area contributed by atoms with Crippen LogP contribution in [0.2, 0.25) is 0 Å². The number of hydrogen-bond acceptors (Lipinski definition) is 4. The molecule has 0 saturated carbocycles. The fourth-order valence-corrected chi connectivity index (χ4v) is 4.82. The van der Waals surface area contributed by atoms with Crippen LogP contribution in [0.25, 0.3) is 27.8 Å². The molecule has 1 fully saturated rings. The van der Waals surface area contributed by atoms with E-state index >= 15 is 0 Å². The van der Waals surface area contributed by atoms with E-state index in [-0.39, 0.29) is 0 Å². The van der Waals surface area contributed by atoms with Crippen LogP contribution in [0.1, 0.15) is 63.0 Å². The fourth-order valence-electron chi connectivity index (χ4n) is 4.82. The molecule has 162 valence electrons. The molecule has 31 heavy (non-hydrogen) atoms. The van der Waals surface area contributed by atoms with Crippen molar-refractivity contribution in [2.45, 2.75) is 51.9 Å². The summed E-state index contributed by atoms with van der Waals surface area (Å²) in [6.45, 7) is 9.53. The minimum absolute atomic E-state index is 0.387. The van der Waals surface area contributed by atoms with Crippen LogP contribution in [0, 0.1) is 0 Å². The number of piperidine rings is 1. The van der Waals surface area contributed by atoms with Crippen molar-refractivity contribution < 1.29 is 4.74 Å². The SMILES string of the molecule is CCCOc1cc(-c2[nH]c3ccc(C4CCNCC4)cc3c2C(C)C)cn2ncnc12. The van der Waals surface area contributed by atoms with Gasteiger partial charge in [-0.2, -0.15) is 5.10 Å². The Hall–Kier alpha value is -2.86. The summed E-state index contributed by atoms with van der Waals surface area (Å²) < 4.78 is 7.83. The van der Waals surface area contributed by atoms with E-state index in [1.807, 2.05) is 10.7 Å². The van der Waals surface area contributed by atoms with Crippen molar-refractivity contribution in [3.8, 4) is 17.0 Å². The van der Waals surface area contributed by atoms with Crippen LogP contribution < -0.4 is 10.1 Å². The maximum absolute atomic E-state index is 6.02. The Bertz CT molecular complexity index is 1200. The van der Waals surface area contributed by atoms with Crippen LogP contribution in [-0.4, -0.2) is 39.3 Å². The van der Waals surface area contributed by atoms with Crippen molar-refractivity contribution >= 4 is 16.6 Å². The highest BCUT2D eigenvalue weighted by Crippen LogP contribution is 2.39. The molecular weight excluding hydrogens is 386 g/mol. The quantitative estimate of drug-likeness (QED) is 0.449. The van der Waals surface area contributed by atoms with Crippen molar-refractivity contribution in [3.05, 3.63) is 47.9 Å². The van der Waals surface area contributed by atoms with E-state index in [1.165, 1.54) is 34.9 Å². The molecule has 6 heteroatoms. The topological polar surface area (TPSA) is 67.2 Å². The first-order chi connectivity index (χ1) is 15.2. The average Bonchev–Trinajstić information content (AvgIpc) is 3.42. The summed E-state index contributed by atoms with van der Waals surface area (Å²) >= 11 is 0. The molecule has 0 unspecified atom stereocenters. The predicted octanol–water partition coefficient (Wildman–Crippen LogP) is 5.26. The van der Waals surface area contributed by atoms with Crippen LogP contribution >= 0.6 is 0 Å². The number of H-pyrrole nitrogens is 1. The Kier molecular flexibility index (Phi) is 5.40. The third kappa shape index (κ3) is 3.69. The van der Waals surface area contributed by atoms with Gasteiger partial charge in [0, 0.05) is 22.7 Å². The van der Waals surface area contributed by atoms with Crippen LogP contribution in [0.4, 0.5) is 0 Å². The Morgan fingerprint density at radius 3 is 2.81 bits per heavy atom. The molecule has 5 rings (SSSR count). The van der Waals surface area contributed by atoms with E-state index < -0.39 is 0 Å². The molecule has 3 aromatic heterocycles. The van der Waals surface area contributed by atoms with Gasteiger partial charge in [0.25, 0.3) is 0 Å². The standard InChI is InChI=1S/C25H31N5O/c1-4-11-31-22-13-19(14-30-25(22)27-15-28-30)24-23(16(2)3)20-12-18(5-6-21(20)29-24)17-7-9-26-10-8-17/h5-6,12-17,26,29H,4,7-11H2,1-3H3. The first-order valence-corrected chi connectivity index (χ1v) is 11.5. The average molecular weight is 418 g/mol. The Labute approximate surface area is 183 Å². The van der Waals surface area contributed by atoms with Crippen LogP contribution in [-0.2, 0) is 0 Å². The van der Waals surface area contributed by atoms with Crippen molar-refractivity contribution in [3.63, 3.8) is 0 Å². The Balaban J connectivity index is 1.65. The maximum atomic E-state index is 6.02. The second-order valence-electron chi connectivity index (χ2n) is 8.87. The Morgan fingerprint density at radius 2 is 2.03 bits per heavy atom. The van der Waals surface area contributed by atoms with Crippen molar-refractivity contribution in [1.29, 1.82) is 0 Å². The van der Waals surface area contributed by atoms with Gasteiger partial charge in [-0.15, -0.1) is 0 Å². The van der Waals surface area contributed by atoms with Crippen LogP contribution in [0.3, 0.4) is 0 Å². The van der Waals surface area contributed by atoms with Gasteiger partial charge in [0.05, 0.1) is 12.3 Å². The van der Waals surface area contributed by atoms with E-state index in [2.05, 4.69) is 65.4 Å². The smallest absolute Gasteiger partial charge is 0.197 e. The first-order valence-electron chi connectivity index (χ1n) is 11.5. The van der Waals surface area contributed by atoms with Crippen LogP contribution in [0.5, 0.6) is 5.75 Å². The number of aromatic nitrogens is 4. The Morgan fingerprint density at radius 1 is 1.19 bits per heavy atom. The zero-order valence-electron chi connectivity index (χ0n) is 18.6. The van der Waals surface area contributed by atoms with Gasteiger partial charge in [-0.1, -0.05) is 26.8 Å². The van der Waals surface area contributed by atoms with E-state index in [0.29, 0.717) is 18.4 Å². The highest BCUT2D eigenvalue weighted by atomic mass is 16.5. The summed E-state index contributed by atoms with van der Waals surface area (Å²) in [7, 11) is 0. The summed E-state index contributed by atoms with van der Waals surface area (Å²) in [5.74, 6) is 1.81. The molecule has 1 saturated heterocycles. The summed E-state index contributed by atoms with van der Waals surface area (Å²) in [6.07, 6.45) is 7.00. The number of nitrogens with one attached hydrogen (secondary N) is 2. The number of hydrogen-bond donors (Lipinski definition) is 2. The number of aromatic amines is 1. The molecule has 0 radical (unpaired) electrons. The summed E-state index contributed by atoms with van der Waals surface area (Å²) in [6, 6.07) is 9.08. The molecule has 1 aliphatic heterocycles. The lowest BCUT2D eigenvalue weighted by molar-refractivity contribution is 0.319. The molecule has 2 N–H and O–H groups in total. The minimum Gasteiger partial charge on any atom is -0.490 e. The van der Waals surface area contributed by atoms with Gasteiger partial charge in [-0.25, -0.2) is 9.50 Å². The van der Waals surface area contributed by atoms with Crippen molar-refractivity contribution in [2.24, 2.45) is 0 Å².